The number of nitrogens with two attached hydrogens (primary N) is 1. The van der Waals surface area contributed by atoms with Gasteiger partial charge in [-0.1, -0.05) is 78.9 Å². The summed E-state index contributed by atoms with van der Waals surface area (Å²) in [4.78, 5) is 25.6. The smallest absolute Gasteiger partial charge is 0.349 e. The molecule has 2 amide bonds. The van der Waals surface area contributed by atoms with Gasteiger partial charge in [0.05, 0.1) is 5.56 Å². The number of amides is 2. The number of benzene rings is 3. The molecule has 0 aliphatic carbocycles. The summed E-state index contributed by atoms with van der Waals surface area (Å²) in [6, 6.07) is 28.1. The molecule has 0 fully saturated rings. The van der Waals surface area contributed by atoms with E-state index in [2.05, 4.69) is 53.4 Å². The van der Waals surface area contributed by atoms with E-state index in [9.17, 15) is 9.59 Å². The van der Waals surface area contributed by atoms with Crippen LogP contribution in [0.2, 0.25) is 0 Å². The van der Waals surface area contributed by atoms with Crippen LogP contribution in [0.1, 0.15) is 10.4 Å². The van der Waals surface area contributed by atoms with Gasteiger partial charge in [-0.3, -0.25) is 0 Å². The number of hydroxylamine groups is 1. The van der Waals surface area contributed by atoms with Crippen molar-refractivity contribution >= 4 is 12.0 Å². The van der Waals surface area contributed by atoms with Crippen LogP contribution in [-0.4, -0.2) is 12.0 Å². The Labute approximate surface area is 146 Å². The molecule has 0 unspecified atom stereocenters. The first-order valence-corrected chi connectivity index (χ1v) is 7.59. The van der Waals surface area contributed by atoms with Crippen molar-refractivity contribution in [2.45, 2.75) is 0 Å². The number of nitrogens with one attached hydrogen (secondary N) is 1. The van der Waals surface area contributed by atoms with Gasteiger partial charge in [0.2, 0.25) is 0 Å². The highest BCUT2D eigenvalue weighted by Crippen LogP contribution is 2.17. The molecule has 0 heterocycles. The van der Waals surface area contributed by atoms with Gasteiger partial charge in [-0.2, -0.15) is 5.48 Å². The van der Waals surface area contributed by atoms with E-state index < -0.39 is 12.0 Å². The summed E-state index contributed by atoms with van der Waals surface area (Å²) in [5, 5.41) is 0. The van der Waals surface area contributed by atoms with Gasteiger partial charge < -0.3 is 10.6 Å². The summed E-state index contributed by atoms with van der Waals surface area (Å²) in [5.74, 6) is -0.653. The van der Waals surface area contributed by atoms with E-state index in [1.807, 2.05) is 12.1 Å². The van der Waals surface area contributed by atoms with Crippen LogP contribution in [0, 0.1) is 0 Å². The standard InChI is InChI=1S/C12H10.C8H8N2O3/c1-3-7-11(8-4-1)12-9-5-2-6-10-12;9-8(12)10-13-7(11)6-4-2-1-3-5-6/h1-10H;1-5H,(H3,9,10,12). The second-order valence-electron chi connectivity index (χ2n) is 4.95. The number of carbonyl (C=O) groups is 2. The number of hydrogen-bond acceptors (Lipinski definition) is 3. The number of primary amides is 1. The molecule has 0 saturated heterocycles. The maximum absolute atomic E-state index is 11.1. The Bertz CT molecular complexity index is 753. The van der Waals surface area contributed by atoms with Crippen molar-refractivity contribution in [3.05, 3.63) is 96.6 Å². The largest absolute Gasteiger partial charge is 0.363 e. The van der Waals surface area contributed by atoms with Crippen molar-refractivity contribution in [2.24, 2.45) is 5.73 Å². The summed E-state index contributed by atoms with van der Waals surface area (Å²) in [5.41, 5.74) is 9.32. The van der Waals surface area contributed by atoms with Crippen LogP contribution in [0.5, 0.6) is 0 Å². The van der Waals surface area contributed by atoms with E-state index in [1.54, 1.807) is 35.8 Å². The van der Waals surface area contributed by atoms with Crippen LogP contribution < -0.4 is 11.2 Å². The molecule has 0 atom stereocenters. The predicted molar refractivity (Wildman–Crippen MR) is 96.5 cm³/mol. The van der Waals surface area contributed by atoms with Crippen LogP contribution in [0.15, 0.2) is 91.0 Å². The second-order valence-corrected chi connectivity index (χ2v) is 4.95. The zero-order chi connectivity index (χ0) is 17.9. The van der Waals surface area contributed by atoms with Gasteiger partial charge in [-0.25, -0.2) is 9.59 Å². The maximum Gasteiger partial charge on any atom is 0.363 e. The Morgan fingerprint density at radius 3 is 1.48 bits per heavy atom. The lowest BCUT2D eigenvalue weighted by atomic mass is 10.1. The molecule has 0 aliphatic rings. The van der Waals surface area contributed by atoms with Crippen molar-refractivity contribution < 1.29 is 14.4 Å². The minimum atomic E-state index is -0.913. The van der Waals surface area contributed by atoms with Crippen LogP contribution in [0.25, 0.3) is 11.1 Å². The number of rotatable bonds is 2. The fourth-order valence-electron chi connectivity index (χ4n) is 1.99. The molecule has 0 spiro atoms. The van der Waals surface area contributed by atoms with E-state index in [0.717, 1.165) is 0 Å². The van der Waals surface area contributed by atoms with Crippen LogP contribution in [0.3, 0.4) is 0 Å². The van der Waals surface area contributed by atoms with Crippen LogP contribution in [-0.2, 0) is 4.84 Å². The Morgan fingerprint density at radius 1 is 0.680 bits per heavy atom. The SMILES string of the molecule is NC(=O)NOC(=O)c1ccccc1.c1ccc(-c2ccccc2)cc1. The quantitative estimate of drug-likeness (QED) is 0.700. The van der Waals surface area contributed by atoms with Gasteiger partial charge in [0.15, 0.2) is 0 Å². The average molecular weight is 334 g/mol. The molecule has 3 aromatic rings. The number of urea groups is 1. The van der Waals surface area contributed by atoms with Gasteiger partial charge in [0.1, 0.15) is 0 Å². The molecule has 3 N–H and O–H groups in total. The van der Waals surface area contributed by atoms with Crippen molar-refractivity contribution in [3.8, 4) is 11.1 Å². The molecule has 0 bridgehead atoms. The first-order chi connectivity index (χ1) is 12.2. The van der Waals surface area contributed by atoms with Gasteiger partial charge in [0.25, 0.3) is 0 Å². The Hall–Kier alpha value is -3.60. The Balaban J connectivity index is 0.000000181. The zero-order valence-corrected chi connectivity index (χ0v) is 13.5. The van der Waals surface area contributed by atoms with Crippen molar-refractivity contribution in [3.63, 3.8) is 0 Å². The molecule has 126 valence electrons. The summed E-state index contributed by atoms with van der Waals surface area (Å²) < 4.78 is 0. The normalized spacial score (nSPS) is 9.28. The molecule has 25 heavy (non-hydrogen) atoms. The molecule has 0 aliphatic heterocycles. The molecule has 0 saturated carbocycles. The topological polar surface area (TPSA) is 81.4 Å². The summed E-state index contributed by atoms with van der Waals surface area (Å²) >= 11 is 0. The van der Waals surface area contributed by atoms with Gasteiger partial charge in [-0.05, 0) is 23.3 Å². The molecular formula is C20H18N2O3. The van der Waals surface area contributed by atoms with Crippen molar-refractivity contribution in [2.75, 3.05) is 0 Å². The fraction of sp³-hybridized carbons (Fsp3) is 0. The molecule has 3 rings (SSSR count). The Kier molecular flexibility index (Phi) is 6.76. The number of carbonyl (C=O) groups excluding carboxylic acids is 2. The third-order valence-corrected chi connectivity index (χ3v) is 3.13. The van der Waals surface area contributed by atoms with Gasteiger partial charge >= 0.3 is 12.0 Å². The van der Waals surface area contributed by atoms with Crippen molar-refractivity contribution in [1.82, 2.24) is 5.48 Å². The predicted octanol–water partition coefficient (Wildman–Crippen LogP) is 3.78. The van der Waals surface area contributed by atoms with E-state index >= 15 is 0 Å². The highest BCUT2D eigenvalue weighted by atomic mass is 16.7. The second kappa shape index (κ2) is 9.52. The van der Waals surface area contributed by atoms with Gasteiger partial charge in [-0.15, -0.1) is 0 Å². The van der Waals surface area contributed by atoms with E-state index in [-0.39, 0.29) is 0 Å². The zero-order valence-electron chi connectivity index (χ0n) is 13.5. The first-order valence-electron chi connectivity index (χ1n) is 7.59. The lowest BCUT2D eigenvalue weighted by Crippen LogP contribution is -2.31. The molecular weight excluding hydrogens is 316 g/mol. The molecule has 0 aromatic heterocycles. The fourth-order valence-corrected chi connectivity index (χ4v) is 1.99. The first kappa shape index (κ1) is 17.7. The lowest BCUT2D eigenvalue weighted by Gasteiger charge is -2.01. The van der Waals surface area contributed by atoms with Crippen LogP contribution in [0.4, 0.5) is 4.79 Å². The van der Waals surface area contributed by atoms with E-state index in [1.165, 1.54) is 11.1 Å². The minimum Gasteiger partial charge on any atom is -0.349 e. The van der Waals surface area contributed by atoms with Crippen molar-refractivity contribution in [1.29, 1.82) is 0 Å². The highest BCUT2D eigenvalue weighted by Gasteiger charge is 2.06. The third-order valence-electron chi connectivity index (χ3n) is 3.13. The monoisotopic (exact) mass is 334 g/mol. The molecule has 0 radical (unpaired) electrons. The summed E-state index contributed by atoms with van der Waals surface area (Å²) in [6.07, 6.45) is 0. The Morgan fingerprint density at radius 2 is 1.08 bits per heavy atom. The number of hydrogen-bond donors (Lipinski definition) is 2. The average Bonchev–Trinajstić information content (AvgIpc) is 2.68. The molecule has 5 nitrogen and oxygen atoms in total. The van der Waals surface area contributed by atoms with Gasteiger partial charge in [0, 0.05) is 0 Å². The third kappa shape index (κ3) is 6.19. The summed E-state index contributed by atoms with van der Waals surface area (Å²) in [7, 11) is 0. The van der Waals surface area contributed by atoms with Crippen LogP contribution >= 0.6 is 0 Å². The van der Waals surface area contributed by atoms with E-state index in [4.69, 9.17) is 5.73 Å². The summed E-state index contributed by atoms with van der Waals surface area (Å²) in [6.45, 7) is 0. The molecule has 3 aromatic carbocycles. The minimum absolute atomic E-state index is 0.344. The maximum atomic E-state index is 11.1. The molecule has 5 heteroatoms. The highest BCUT2D eigenvalue weighted by molar-refractivity contribution is 5.90. The van der Waals surface area contributed by atoms with E-state index in [0.29, 0.717) is 5.56 Å². The lowest BCUT2D eigenvalue weighted by molar-refractivity contribution is 0.0335.